The molecule has 0 bridgehead atoms. The molecule has 0 aliphatic carbocycles. The lowest BCUT2D eigenvalue weighted by Gasteiger charge is -2.06. The molecular formula is C12H12Cl2N4OS. The SMILES string of the molecule is CC(C)c1nnc(NC(=O)Nc2ccc(Cl)c(Cl)c2)s1. The van der Waals surface area contributed by atoms with Gasteiger partial charge < -0.3 is 5.32 Å². The van der Waals surface area contributed by atoms with E-state index in [1.807, 2.05) is 13.8 Å². The predicted molar refractivity (Wildman–Crippen MR) is 83.1 cm³/mol. The van der Waals surface area contributed by atoms with Crippen LogP contribution in [0.1, 0.15) is 24.8 Å². The van der Waals surface area contributed by atoms with Gasteiger partial charge in [0.05, 0.1) is 10.0 Å². The topological polar surface area (TPSA) is 66.9 Å². The quantitative estimate of drug-likeness (QED) is 0.863. The van der Waals surface area contributed by atoms with Gasteiger partial charge in [0.1, 0.15) is 5.01 Å². The van der Waals surface area contributed by atoms with E-state index in [2.05, 4.69) is 20.8 Å². The highest BCUT2D eigenvalue weighted by molar-refractivity contribution is 7.15. The second-order valence-corrected chi connectivity index (χ2v) is 6.13. The zero-order valence-corrected chi connectivity index (χ0v) is 13.1. The van der Waals surface area contributed by atoms with Crippen molar-refractivity contribution in [2.24, 2.45) is 0 Å². The van der Waals surface area contributed by atoms with Crippen LogP contribution in [0.2, 0.25) is 10.0 Å². The van der Waals surface area contributed by atoms with E-state index < -0.39 is 6.03 Å². The summed E-state index contributed by atoms with van der Waals surface area (Å²) in [6, 6.07) is 4.44. The molecule has 2 rings (SSSR count). The third-order valence-electron chi connectivity index (χ3n) is 2.33. The van der Waals surface area contributed by atoms with Gasteiger partial charge in [-0.25, -0.2) is 4.79 Å². The highest BCUT2D eigenvalue weighted by Gasteiger charge is 2.10. The molecule has 2 N–H and O–H groups in total. The number of hydrogen-bond acceptors (Lipinski definition) is 4. The molecule has 1 heterocycles. The molecular weight excluding hydrogens is 319 g/mol. The number of aromatic nitrogens is 2. The minimum atomic E-state index is -0.408. The van der Waals surface area contributed by atoms with E-state index in [-0.39, 0.29) is 5.92 Å². The Bertz CT molecular complexity index is 630. The number of hydrogen-bond donors (Lipinski definition) is 2. The van der Waals surface area contributed by atoms with Crippen molar-refractivity contribution in [3.8, 4) is 0 Å². The average molecular weight is 331 g/mol. The second kappa shape index (κ2) is 6.39. The fraction of sp³-hybridized carbons (Fsp3) is 0.250. The Labute approximate surface area is 130 Å². The Kier molecular flexibility index (Phi) is 4.80. The van der Waals surface area contributed by atoms with Crippen LogP contribution in [0.5, 0.6) is 0 Å². The molecule has 0 atom stereocenters. The molecule has 20 heavy (non-hydrogen) atoms. The lowest BCUT2D eigenvalue weighted by Crippen LogP contribution is -2.19. The Hall–Kier alpha value is -1.37. The first kappa shape index (κ1) is 15.0. The van der Waals surface area contributed by atoms with Crippen molar-refractivity contribution in [2.45, 2.75) is 19.8 Å². The maximum atomic E-state index is 11.8. The Morgan fingerprint density at radius 1 is 1.20 bits per heavy atom. The lowest BCUT2D eigenvalue weighted by molar-refractivity contribution is 0.262. The summed E-state index contributed by atoms with van der Waals surface area (Å²) in [5.41, 5.74) is 0.547. The number of amides is 2. The maximum Gasteiger partial charge on any atom is 0.325 e. The van der Waals surface area contributed by atoms with Gasteiger partial charge in [0.2, 0.25) is 5.13 Å². The van der Waals surface area contributed by atoms with E-state index in [1.54, 1.807) is 18.2 Å². The minimum Gasteiger partial charge on any atom is -0.308 e. The van der Waals surface area contributed by atoms with Gasteiger partial charge in [0.25, 0.3) is 0 Å². The van der Waals surface area contributed by atoms with E-state index in [0.29, 0.717) is 20.9 Å². The van der Waals surface area contributed by atoms with Gasteiger partial charge in [0, 0.05) is 11.6 Å². The third-order valence-corrected chi connectivity index (χ3v) is 4.21. The summed E-state index contributed by atoms with van der Waals surface area (Å²) in [4.78, 5) is 11.8. The molecule has 0 spiro atoms. The van der Waals surface area contributed by atoms with Crippen LogP contribution in [-0.2, 0) is 0 Å². The summed E-state index contributed by atoms with van der Waals surface area (Å²) in [5.74, 6) is 0.279. The van der Waals surface area contributed by atoms with Crippen LogP contribution in [0.4, 0.5) is 15.6 Å². The summed E-state index contributed by atoms with van der Waals surface area (Å²) in [5, 5.41) is 15.3. The molecule has 0 fully saturated rings. The Morgan fingerprint density at radius 3 is 2.55 bits per heavy atom. The Morgan fingerprint density at radius 2 is 1.95 bits per heavy atom. The van der Waals surface area contributed by atoms with Crippen molar-refractivity contribution in [2.75, 3.05) is 10.6 Å². The molecule has 2 amide bonds. The van der Waals surface area contributed by atoms with Crippen LogP contribution >= 0.6 is 34.5 Å². The van der Waals surface area contributed by atoms with Crippen molar-refractivity contribution in [3.05, 3.63) is 33.3 Å². The molecule has 8 heteroatoms. The van der Waals surface area contributed by atoms with Crippen molar-refractivity contribution in [1.82, 2.24) is 10.2 Å². The van der Waals surface area contributed by atoms with Gasteiger partial charge >= 0.3 is 6.03 Å². The predicted octanol–water partition coefficient (Wildman–Crippen LogP) is 4.61. The first-order valence-corrected chi connectivity index (χ1v) is 7.39. The highest BCUT2D eigenvalue weighted by Crippen LogP contribution is 2.25. The van der Waals surface area contributed by atoms with Crippen LogP contribution in [0.3, 0.4) is 0 Å². The number of carbonyl (C=O) groups is 1. The van der Waals surface area contributed by atoms with Crippen LogP contribution < -0.4 is 10.6 Å². The molecule has 0 saturated carbocycles. The van der Waals surface area contributed by atoms with E-state index >= 15 is 0 Å². The van der Waals surface area contributed by atoms with Crippen molar-refractivity contribution in [1.29, 1.82) is 0 Å². The molecule has 1 aromatic heterocycles. The Balaban J connectivity index is 1.99. The monoisotopic (exact) mass is 330 g/mol. The van der Waals surface area contributed by atoms with Crippen LogP contribution in [-0.4, -0.2) is 16.2 Å². The minimum absolute atomic E-state index is 0.279. The number of nitrogens with zero attached hydrogens (tertiary/aromatic N) is 2. The van der Waals surface area contributed by atoms with Crippen molar-refractivity contribution < 1.29 is 4.79 Å². The standard InChI is InChI=1S/C12H12Cl2N4OS/c1-6(2)10-17-18-12(20-10)16-11(19)15-7-3-4-8(13)9(14)5-7/h3-6H,1-2H3,(H2,15,16,18,19). The van der Waals surface area contributed by atoms with Gasteiger partial charge in [-0.15, -0.1) is 10.2 Å². The first-order valence-electron chi connectivity index (χ1n) is 5.82. The van der Waals surface area contributed by atoms with Crippen molar-refractivity contribution in [3.63, 3.8) is 0 Å². The largest absolute Gasteiger partial charge is 0.325 e. The first-order chi connectivity index (χ1) is 9.45. The van der Waals surface area contributed by atoms with Gasteiger partial charge in [-0.05, 0) is 18.2 Å². The summed E-state index contributed by atoms with van der Waals surface area (Å²) < 4.78 is 0. The van der Waals surface area contributed by atoms with E-state index in [4.69, 9.17) is 23.2 Å². The lowest BCUT2D eigenvalue weighted by atomic mass is 10.2. The van der Waals surface area contributed by atoms with E-state index in [9.17, 15) is 4.79 Å². The maximum absolute atomic E-state index is 11.8. The molecule has 0 aliphatic rings. The molecule has 0 aliphatic heterocycles. The number of nitrogens with one attached hydrogen (secondary N) is 2. The highest BCUT2D eigenvalue weighted by atomic mass is 35.5. The number of halogens is 2. The smallest absolute Gasteiger partial charge is 0.308 e. The van der Waals surface area contributed by atoms with Crippen LogP contribution in [0.15, 0.2) is 18.2 Å². The molecule has 0 saturated heterocycles. The number of rotatable bonds is 3. The second-order valence-electron chi connectivity index (χ2n) is 4.31. The van der Waals surface area contributed by atoms with E-state index in [1.165, 1.54) is 11.3 Å². The van der Waals surface area contributed by atoms with Crippen LogP contribution in [0.25, 0.3) is 0 Å². The summed E-state index contributed by atoms with van der Waals surface area (Å²) in [6.45, 7) is 4.03. The molecule has 2 aromatic rings. The zero-order chi connectivity index (χ0) is 14.7. The third kappa shape index (κ3) is 3.82. The fourth-order valence-corrected chi connectivity index (χ4v) is 2.39. The van der Waals surface area contributed by atoms with Crippen molar-refractivity contribution >= 4 is 51.4 Å². The normalized spacial score (nSPS) is 10.7. The summed E-state index contributed by atoms with van der Waals surface area (Å²) in [6.07, 6.45) is 0. The zero-order valence-electron chi connectivity index (χ0n) is 10.8. The molecule has 0 unspecified atom stereocenters. The number of carbonyl (C=O) groups excluding carboxylic acids is 1. The molecule has 5 nitrogen and oxygen atoms in total. The van der Waals surface area contributed by atoms with Gasteiger partial charge in [-0.3, -0.25) is 5.32 Å². The van der Waals surface area contributed by atoms with Gasteiger partial charge in [-0.2, -0.15) is 0 Å². The number of benzene rings is 1. The molecule has 1 aromatic carbocycles. The van der Waals surface area contributed by atoms with Gasteiger partial charge in [0.15, 0.2) is 0 Å². The average Bonchev–Trinajstić information content (AvgIpc) is 2.82. The van der Waals surface area contributed by atoms with Gasteiger partial charge in [-0.1, -0.05) is 48.4 Å². The van der Waals surface area contributed by atoms with Crippen LogP contribution in [0, 0.1) is 0 Å². The fourth-order valence-electron chi connectivity index (χ4n) is 1.35. The molecule has 106 valence electrons. The van der Waals surface area contributed by atoms with E-state index in [0.717, 1.165) is 5.01 Å². The number of urea groups is 1. The summed E-state index contributed by atoms with van der Waals surface area (Å²) >= 11 is 13.0. The number of anilines is 2. The molecule has 0 radical (unpaired) electrons. The summed E-state index contributed by atoms with van der Waals surface area (Å²) in [7, 11) is 0.